The van der Waals surface area contributed by atoms with Crippen LogP contribution in [0.5, 0.6) is 11.5 Å². The quantitative estimate of drug-likeness (QED) is 0.176. The average molecular weight is 648 g/mol. The molecular formula is C28H21BrCl2N2O7. The van der Waals surface area contributed by atoms with Gasteiger partial charge in [-0.05, 0) is 83.0 Å². The second kappa shape index (κ2) is 12.5. The van der Waals surface area contributed by atoms with Crippen LogP contribution in [0.4, 0.5) is 10.5 Å². The lowest BCUT2D eigenvalue weighted by Crippen LogP contribution is -2.54. The number of carbonyl (C=O) groups is 4. The SMILES string of the molecule is CCOc1cc(/C=C2\C(=O)NC(=O)N(c3ccc(C(=O)OC)cc3)C2=O)cc(Br)c1OCc1ccc(Cl)cc1Cl. The highest BCUT2D eigenvalue weighted by Crippen LogP contribution is 2.39. The molecule has 12 heteroatoms. The van der Waals surface area contributed by atoms with E-state index in [1.807, 2.05) is 0 Å². The van der Waals surface area contributed by atoms with Crippen molar-refractivity contribution in [2.45, 2.75) is 13.5 Å². The number of esters is 1. The highest BCUT2D eigenvalue weighted by atomic mass is 79.9. The minimum atomic E-state index is -0.918. The van der Waals surface area contributed by atoms with Gasteiger partial charge >= 0.3 is 12.0 Å². The number of methoxy groups -OCH3 is 1. The van der Waals surface area contributed by atoms with E-state index in [-0.39, 0.29) is 23.4 Å². The van der Waals surface area contributed by atoms with Gasteiger partial charge in [0.1, 0.15) is 12.2 Å². The number of halogens is 3. The number of ether oxygens (including phenoxy) is 3. The predicted octanol–water partition coefficient (Wildman–Crippen LogP) is 6.19. The molecule has 4 rings (SSSR count). The summed E-state index contributed by atoms with van der Waals surface area (Å²) in [4.78, 5) is 51.0. The molecule has 0 spiro atoms. The minimum Gasteiger partial charge on any atom is -0.490 e. The van der Waals surface area contributed by atoms with E-state index in [0.29, 0.717) is 43.8 Å². The second-order valence-electron chi connectivity index (χ2n) is 8.28. The van der Waals surface area contributed by atoms with Gasteiger partial charge in [-0.3, -0.25) is 14.9 Å². The molecule has 1 heterocycles. The number of nitrogens with one attached hydrogen (secondary N) is 1. The van der Waals surface area contributed by atoms with Gasteiger partial charge in [-0.1, -0.05) is 29.3 Å². The topological polar surface area (TPSA) is 111 Å². The van der Waals surface area contributed by atoms with E-state index in [2.05, 4.69) is 26.0 Å². The Hall–Kier alpha value is -3.86. The third kappa shape index (κ3) is 6.30. The standard InChI is InChI=1S/C28H21BrCl2N2O7/c1-3-39-23-12-15(11-21(29)24(23)40-14-17-4-7-18(30)13-22(17)31)10-20-25(34)32-28(37)33(26(20)35)19-8-5-16(6-9-19)27(36)38-2/h4-13H,3,14H2,1-2H3,(H,32,34,37)/b20-10+. The molecule has 1 saturated heterocycles. The summed E-state index contributed by atoms with van der Waals surface area (Å²) < 4.78 is 16.9. The number of imide groups is 2. The number of hydrogen-bond donors (Lipinski definition) is 1. The normalized spacial score (nSPS) is 14.3. The number of rotatable bonds is 8. The number of benzene rings is 3. The number of anilines is 1. The summed E-state index contributed by atoms with van der Waals surface area (Å²) in [7, 11) is 1.24. The molecule has 1 N–H and O–H groups in total. The molecule has 9 nitrogen and oxygen atoms in total. The molecule has 0 unspecified atom stereocenters. The predicted molar refractivity (Wildman–Crippen MR) is 153 cm³/mol. The van der Waals surface area contributed by atoms with Crippen molar-refractivity contribution in [3.63, 3.8) is 0 Å². The first-order valence-electron chi connectivity index (χ1n) is 11.8. The maximum absolute atomic E-state index is 13.3. The molecule has 0 aliphatic carbocycles. The van der Waals surface area contributed by atoms with Crippen molar-refractivity contribution in [3.8, 4) is 11.5 Å². The number of nitrogens with zero attached hydrogens (tertiary/aromatic N) is 1. The lowest BCUT2D eigenvalue weighted by Gasteiger charge is -2.26. The fourth-order valence-electron chi connectivity index (χ4n) is 3.79. The maximum Gasteiger partial charge on any atom is 0.337 e. The number of hydrogen-bond acceptors (Lipinski definition) is 7. The van der Waals surface area contributed by atoms with Crippen LogP contribution < -0.4 is 19.7 Å². The van der Waals surface area contributed by atoms with Gasteiger partial charge in [0.2, 0.25) is 0 Å². The molecular weight excluding hydrogens is 627 g/mol. The minimum absolute atomic E-state index is 0.127. The van der Waals surface area contributed by atoms with E-state index in [0.717, 1.165) is 4.90 Å². The molecule has 0 saturated carbocycles. The van der Waals surface area contributed by atoms with Crippen molar-refractivity contribution in [2.75, 3.05) is 18.6 Å². The summed E-state index contributed by atoms with van der Waals surface area (Å²) in [5.74, 6) is -1.53. The largest absolute Gasteiger partial charge is 0.490 e. The van der Waals surface area contributed by atoms with Crippen LogP contribution in [0.15, 0.2) is 64.6 Å². The monoisotopic (exact) mass is 646 g/mol. The molecule has 3 aromatic rings. The zero-order valence-electron chi connectivity index (χ0n) is 21.1. The van der Waals surface area contributed by atoms with E-state index < -0.39 is 23.8 Å². The van der Waals surface area contributed by atoms with Crippen molar-refractivity contribution in [1.82, 2.24) is 5.32 Å². The van der Waals surface area contributed by atoms with Crippen LogP contribution in [0.2, 0.25) is 10.0 Å². The molecule has 0 radical (unpaired) electrons. The van der Waals surface area contributed by atoms with Crippen LogP contribution in [0.25, 0.3) is 6.08 Å². The Labute approximate surface area is 247 Å². The van der Waals surface area contributed by atoms with E-state index in [1.54, 1.807) is 37.3 Å². The number of amides is 4. The Balaban J connectivity index is 1.64. The molecule has 0 bridgehead atoms. The summed E-state index contributed by atoms with van der Waals surface area (Å²) in [6, 6.07) is 13.0. The van der Waals surface area contributed by atoms with Gasteiger partial charge in [0.25, 0.3) is 11.8 Å². The molecule has 4 amide bonds. The molecule has 3 aromatic carbocycles. The van der Waals surface area contributed by atoms with Crippen LogP contribution in [0.3, 0.4) is 0 Å². The van der Waals surface area contributed by atoms with Crippen molar-refractivity contribution in [3.05, 3.63) is 91.4 Å². The van der Waals surface area contributed by atoms with Crippen LogP contribution in [-0.2, 0) is 20.9 Å². The summed E-state index contributed by atoms with van der Waals surface area (Å²) in [6.07, 6.45) is 1.34. The molecule has 40 heavy (non-hydrogen) atoms. The van der Waals surface area contributed by atoms with Gasteiger partial charge < -0.3 is 14.2 Å². The molecule has 0 aromatic heterocycles. The zero-order valence-corrected chi connectivity index (χ0v) is 24.2. The van der Waals surface area contributed by atoms with Crippen LogP contribution >= 0.6 is 39.1 Å². The van der Waals surface area contributed by atoms with Crippen molar-refractivity contribution >= 4 is 74.7 Å². The first-order valence-corrected chi connectivity index (χ1v) is 13.3. The number of barbiturate groups is 1. The Bertz CT molecular complexity index is 1540. The Kier molecular flexibility index (Phi) is 9.14. The van der Waals surface area contributed by atoms with Gasteiger partial charge in [-0.2, -0.15) is 0 Å². The zero-order chi connectivity index (χ0) is 29.0. The van der Waals surface area contributed by atoms with Crippen LogP contribution in [0, 0.1) is 0 Å². The van der Waals surface area contributed by atoms with Gasteiger partial charge in [-0.15, -0.1) is 0 Å². The number of carbonyl (C=O) groups excluding carboxylic acids is 4. The Morgan fingerprint density at radius 1 is 1.02 bits per heavy atom. The molecule has 1 aliphatic rings. The average Bonchev–Trinajstić information content (AvgIpc) is 2.91. The highest BCUT2D eigenvalue weighted by Gasteiger charge is 2.37. The first kappa shape index (κ1) is 29.1. The fourth-order valence-corrected chi connectivity index (χ4v) is 4.82. The van der Waals surface area contributed by atoms with E-state index in [9.17, 15) is 19.2 Å². The molecule has 1 aliphatic heterocycles. The third-order valence-electron chi connectivity index (χ3n) is 5.68. The van der Waals surface area contributed by atoms with Crippen molar-refractivity contribution in [2.24, 2.45) is 0 Å². The van der Waals surface area contributed by atoms with E-state index in [4.69, 9.17) is 32.7 Å². The van der Waals surface area contributed by atoms with Gasteiger partial charge in [-0.25, -0.2) is 14.5 Å². The van der Waals surface area contributed by atoms with Crippen LogP contribution in [0.1, 0.15) is 28.4 Å². The lowest BCUT2D eigenvalue weighted by atomic mass is 10.1. The highest BCUT2D eigenvalue weighted by molar-refractivity contribution is 9.10. The van der Waals surface area contributed by atoms with Gasteiger partial charge in [0.05, 0.1) is 29.4 Å². The summed E-state index contributed by atoms with van der Waals surface area (Å²) in [5.41, 5.74) is 1.25. The third-order valence-corrected chi connectivity index (χ3v) is 6.85. The number of urea groups is 1. The summed E-state index contributed by atoms with van der Waals surface area (Å²) >= 11 is 15.7. The van der Waals surface area contributed by atoms with Gasteiger partial charge in [0, 0.05) is 15.6 Å². The van der Waals surface area contributed by atoms with Crippen molar-refractivity contribution < 1.29 is 33.4 Å². The lowest BCUT2D eigenvalue weighted by molar-refractivity contribution is -0.122. The Morgan fingerprint density at radius 2 is 1.75 bits per heavy atom. The van der Waals surface area contributed by atoms with Crippen LogP contribution in [-0.4, -0.2) is 37.5 Å². The van der Waals surface area contributed by atoms with E-state index in [1.165, 1.54) is 37.5 Å². The summed E-state index contributed by atoms with van der Waals surface area (Å²) in [6.45, 7) is 2.24. The van der Waals surface area contributed by atoms with Crippen molar-refractivity contribution in [1.29, 1.82) is 0 Å². The first-order chi connectivity index (χ1) is 19.1. The fraction of sp³-hybridized carbons (Fsp3) is 0.143. The smallest absolute Gasteiger partial charge is 0.337 e. The molecule has 206 valence electrons. The van der Waals surface area contributed by atoms with E-state index >= 15 is 0 Å². The Morgan fingerprint density at radius 3 is 2.40 bits per heavy atom. The molecule has 0 atom stereocenters. The maximum atomic E-state index is 13.3. The second-order valence-corrected chi connectivity index (χ2v) is 9.98. The molecule has 1 fully saturated rings. The summed E-state index contributed by atoms with van der Waals surface area (Å²) in [5, 5.41) is 3.12. The van der Waals surface area contributed by atoms with Gasteiger partial charge in [0.15, 0.2) is 11.5 Å².